The third kappa shape index (κ3) is 6.07. The van der Waals surface area contributed by atoms with Crippen molar-refractivity contribution in [3.05, 3.63) is 58.5 Å². The summed E-state index contributed by atoms with van der Waals surface area (Å²) in [5, 5.41) is 10.7. The van der Waals surface area contributed by atoms with Crippen LogP contribution in [0.5, 0.6) is 5.75 Å². The molecule has 2 heterocycles. The zero-order valence-electron chi connectivity index (χ0n) is 18.9. The lowest BCUT2D eigenvalue weighted by molar-refractivity contribution is 0.114. The number of halogens is 1. The van der Waals surface area contributed by atoms with Crippen LogP contribution in [0.15, 0.2) is 36.4 Å². The average Bonchev–Trinajstić information content (AvgIpc) is 3.27. The maximum absolute atomic E-state index is 13.2. The number of rotatable bonds is 10. The molecule has 3 rings (SSSR count). The molecule has 1 aliphatic rings. The Labute approximate surface area is 194 Å². The molecule has 5 nitrogen and oxygen atoms in total. The lowest BCUT2D eigenvalue weighted by atomic mass is 9.73. The highest BCUT2D eigenvalue weighted by molar-refractivity contribution is 7.16. The normalized spacial score (nSPS) is 16.9. The summed E-state index contributed by atoms with van der Waals surface area (Å²) < 4.78 is 18.9. The van der Waals surface area contributed by atoms with Gasteiger partial charge in [0.15, 0.2) is 0 Å². The lowest BCUT2D eigenvalue weighted by Crippen LogP contribution is -2.47. The van der Waals surface area contributed by atoms with E-state index in [-0.39, 0.29) is 11.7 Å². The second kappa shape index (κ2) is 11.4. The Morgan fingerprint density at radius 3 is 2.50 bits per heavy atom. The van der Waals surface area contributed by atoms with Gasteiger partial charge in [-0.1, -0.05) is 26.0 Å². The molecule has 7 heteroatoms. The molecule has 0 spiro atoms. The summed E-state index contributed by atoms with van der Waals surface area (Å²) in [6.07, 6.45) is 1.76. The molecule has 0 saturated carbocycles. The highest BCUT2D eigenvalue weighted by atomic mass is 32.1. The quantitative estimate of drug-likeness (QED) is 0.455. The van der Waals surface area contributed by atoms with Gasteiger partial charge in [-0.2, -0.15) is 16.6 Å². The summed E-state index contributed by atoms with van der Waals surface area (Å²) in [6.45, 7) is 17.8. The predicted molar refractivity (Wildman–Crippen MR) is 127 cm³/mol. The second-order valence-corrected chi connectivity index (χ2v) is 9.64. The van der Waals surface area contributed by atoms with E-state index in [1.54, 1.807) is 12.1 Å². The Bertz CT molecular complexity index is 955. The molecule has 32 heavy (non-hydrogen) atoms. The van der Waals surface area contributed by atoms with Crippen LogP contribution in [0.2, 0.25) is 0 Å². The minimum atomic E-state index is -0.524. The zero-order valence-corrected chi connectivity index (χ0v) is 19.7. The number of hydrogen-bond donors (Lipinski definition) is 0. The molecule has 1 aromatic heterocycles. The van der Waals surface area contributed by atoms with E-state index in [1.165, 1.54) is 23.5 Å². The van der Waals surface area contributed by atoms with Crippen LogP contribution in [0, 0.1) is 29.6 Å². The average molecular weight is 455 g/mol. The molecule has 1 fully saturated rings. The van der Waals surface area contributed by atoms with Crippen LogP contribution < -0.4 is 4.74 Å². The van der Waals surface area contributed by atoms with Gasteiger partial charge in [0.1, 0.15) is 18.2 Å². The van der Waals surface area contributed by atoms with Gasteiger partial charge in [-0.05, 0) is 43.5 Å². The van der Waals surface area contributed by atoms with Crippen LogP contribution in [-0.4, -0.2) is 55.7 Å². The number of thiophene rings is 1. The van der Waals surface area contributed by atoms with E-state index in [0.29, 0.717) is 17.4 Å². The van der Waals surface area contributed by atoms with Gasteiger partial charge >= 0.3 is 0 Å². The van der Waals surface area contributed by atoms with Gasteiger partial charge in [-0.15, -0.1) is 0 Å². The molecule has 1 atom stereocenters. The van der Waals surface area contributed by atoms with Crippen molar-refractivity contribution in [2.24, 2.45) is 5.92 Å². The van der Waals surface area contributed by atoms with Crippen LogP contribution in [0.3, 0.4) is 0 Å². The summed E-state index contributed by atoms with van der Waals surface area (Å²) in [7, 11) is 0. The third-order valence-corrected chi connectivity index (χ3v) is 7.47. The topological polar surface area (TPSA) is 43.9 Å². The lowest BCUT2D eigenvalue weighted by Gasteiger charge is -2.36. The van der Waals surface area contributed by atoms with Crippen molar-refractivity contribution in [1.29, 1.82) is 5.26 Å². The summed E-state index contributed by atoms with van der Waals surface area (Å²) in [5.74, 6) is 0.489. The third-order valence-electron chi connectivity index (χ3n) is 6.31. The van der Waals surface area contributed by atoms with Crippen LogP contribution >= 0.6 is 11.3 Å². The smallest absolute Gasteiger partial charge is 0.241 e. The molecule has 1 aromatic carbocycles. The molecular formula is C25H31FN4OS. The van der Waals surface area contributed by atoms with E-state index in [0.717, 1.165) is 57.0 Å². The minimum Gasteiger partial charge on any atom is -0.492 e. The van der Waals surface area contributed by atoms with E-state index < -0.39 is 5.41 Å². The number of piperazine rings is 1. The standard InChI is InChI=1S/C25H31FN4OS/c1-20(2)25(19-27,23-8-9-24(28-3)32-23)10-5-11-29-12-14-30(15-13-29)16-17-31-22-7-4-6-21(26)18-22/h4,6-9,18,20H,5,10-17H2,1-2H3. The fourth-order valence-electron chi connectivity index (χ4n) is 4.23. The summed E-state index contributed by atoms with van der Waals surface area (Å²) in [5.41, 5.74) is -0.524. The van der Waals surface area contributed by atoms with Crippen LogP contribution in [0.25, 0.3) is 4.85 Å². The Morgan fingerprint density at radius 2 is 1.91 bits per heavy atom. The Morgan fingerprint density at radius 1 is 1.19 bits per heavy atom. The fourth-order valence-corrected chi connectivity index (χ4v) is 5.34. The van der Waals surface area contributed by atoms with Gasteiger partial charge in [0, 0.05) is 43.7 Å². The molecule has 170 valence electrons. The van der Waals surface area contributed by atoms with Crippen LogP contribution in [0.1, 0.15) is 31.6 Å². The van der Waals surface area contributed by atoms with Gasteiger partial charge in [0.25, 0.3) is 0 Å². The zero-order chi connectivity index (χ0) is 23.0. The Balaban J connectivity index is 1.42. The minimum absolute atomic E-state index is 0.194. The van der Waals surface area contributed by atoms with E-state index in [9.17, 15) is 9.65 Å². The van der Waals surface area contributed by atoms with Crippen LogP contribution in [0.4, 0.5) is 9.39 Å². The summed E-state index contributed by atoms with van der Waals surface area (Å²) >= 11 is 1.46. The molecule has 0 radical (unpaired) electrons. The molecular weight excluding hydrogens is 423 g/mol. The first-order valence-corrected chi connectivity index (χ1v) is 12.0. The number of nitriles is 1. The van der Waals surface area contributed by atoms with Crippen molar-refractivity contribution < 1.29 is 9.13 Å². The molecule has 1 saturated heterocycles. The fraction of sp³-hybridized carbons (Fsp3) is 0.520. The van der Waals surface area contributed by atoms with E-state index >= 15 is 0 Å². The number of nitrogens with zero attached hydrogens (tertiary/aromatic N) is 4. The molecule has 0 bridgehead atoms. The van der Waals surface area contributed by atoms with Crippen molar-refractivity contribution in [2.45, 2.75) is 32.1 Å². The first-order chi connectivity index (χ1) is 15.5. The highest BCUT2D eigenvalue weighted by Gasteiger charge is 2.37. The molecule has 0 amide bonds. The van der Waals surface area contributed by atoms with Crippen molar-refractivity contribution in [3.8, 4) is 11.8 Å². The predicted octanol–water partition coefficient (Wildman–Crippen LogP) is 5.33. The number of benzene rings is 1. The maximum atomic E-state index is 13.2. The monoisotopic (exact) mass is 454 g/mol. The van der Waals surface area contributed by atoms with Crippen LogP contribution in [-0.2, 0) is 5.41 Å². The van der Waals surface area contributed by atoms with Gasteiger partial charge in [0.05, 0.1) is 18.1 Å². The van der Waals surface area contributed by atoms with Gasteiger partial charge in [0.2, 0.25) is 5.00 Å². The largest absolute Gasteiger partial charge is 0.492 e. The first-order valence-electron chi connectivity index (χ1n) is 11.2. The maximum Gasteiger partial charge on any atom is 0.241 e. The molecule has 0 N–H and O–H groups in total. The molecule has 1 aliphatic heterocycles. The molecule has 2 aromatic rings. The van der Waals surface area contributed by atoms with Crippen molar-refractivity contribution in [2.75, 3.05) is 45.9 Å². The van der Waals surface area contributed by atoms with Gasteiger partial charge < -0.3 is 9.64 Å². The number of ether oxygens (including phenoxy) is 1. The number of hydrogen-bond acceptors (Lipinski definition) is 5. The Hall–Kier alpha value is -2.45. The van der Waals surface area contributed by atoms with Crippen molar-refractivity contribution in [1.82, 2.24) is 9.80 Å². The van der Waals surface area contributed by atoms with E-state index in [1.807, 2.05) is 12.1 Å². The van der Waals surface area contributed by atoms with E-state index in [2.05, 4.69) is 34.6 Å². The highest BCUT2D eigenvalue weighted by Crippen LogP contribution is 2.42. The summed E-state index contributed by atoms with van der Waals surface area (Å²) in [6, 6.07) is 12.7. The van der Waals surface area contributed by atoms with E-state index in [4.69, 9.17) is 11.3 Å². The van der Waals surface area contributed by atoms with Gasteiger partial charge in [-0.3, -0.25) is 4.90 Å². The second-order valence-electron chi connectivity index (χ2n) is 8.58. The van der Waals surface area contributed by atoms with Crippen molar-refractivity contribution >= 4 is 16.3 Å². The SMILES string of the molecule is [C-]#[N+]c1ccc(C(C#N)(CCCN2CCN(CCOc3cccc(F)c3)CC2)C(C)C)s1. The summed E-state index contributed by atoms with van der Waals surface area (Å²) in [4.78, 5) is 9.38. The molecule has 1 unspecified atom stereocenters. The van der Waals surface area contributed by atoms with Gasteiger partial charge in [-0.25, -0.2) is 9.24 Å². The Kier molecular flexibility index (Phi) is 8.64. The first kappa shape index (κ1) is 24.2. The molecule has 0 aliphatic carbocycles. The van der Waals surface area contributed by atoms with Crippen molar-refractivity contribution in [3.63, 3.8) is 0 Å².